The highest BCUT2D eigenvalue weighted by molar-refractivity contribution is 6.30. The minimum Gasteiger partial charge on any atom is -0.352 e. The summed E-state index contributed by atoms with van der Waals surface area (Å²) in [5.41, 5.74) is 0.914. The number of benzene rings is 1. The van der Waals surface area contributed by atoms with Gasteiger partial charge in [-0.25, -0.2) is 0 Å². The first kappa shape index (κ1) is 18.5. The largest absolute Gasteiger partial charge is 0.352 e. The van der Waals surface area contributed by atoms with E-state index in [1.165, 1.54) is 0 Å². The van der Waals surface area contributed by atoms with Crippen LogP contribution in [0.1, 0.15) is 46.1 Å². The molecular formula is C17H25ClN2O2. The quantitative estimate of drug-likeness (QED) is 0.836. The average Bonchev–Trinajstić information content (AvgIpc) is 2.51. The highest BCUT2D eigenvalue weighted by atomic mass is 35.5. The summed E-state index contributed by atoms with van der Waals surface area (Å²) < 4.78 is 0. The Kier molecular flexibility index (Phi) is 7.39. The molecule has 2 amide bonds. The third-order valence-corrected chi connectivity index (χ3v) is 3.95. The molecule has 2 unspecified atom stereocenters. The zero-order valence-electron chi connectivity index (χ0n) is 13.7. The van der Waals surface area contributed by atoms with Gasteiger partial charge >= 0.3 is 0 Å². The lowest BCUT2D eigenvalue weighted by molar-refractivity contribution is -0.140. The predicted molar refractivity (Wildman–Crippen MR) is 89.7 cm³/mol. The summed E-state index contributed by atoms with van der Waals surface area (Å²) in [6, 6.07) is 6.93. The standard InChI is InChI=1S/C17H25ClN2O2/c1-5-12(3)19-17(22)13(4)20(16(21)6-2)11-14-8-7-9-15(18)10-14/h7-10,12-13H,5-6,11H2,1-4H3,(H,19,22). The van der Waals surface area contributed by atoms with E-state index in [2.05, 4.69) is 5.32 Å². The summed E-state index contributed by atoms with van der Waals surface area (Å²) in [5.74, 6) is -0.176. The first-order chi connectivity index (χ1) is 10.4. The molecule has 122 valence electrons. The molecule has 4 nitrogen and oxygen atoms in total. The van der Waals surface area contributed by atoms with Crippen molar-refractivity contribution in [2.24, 2.45) is 0 Å². The Morgan fingerprint density at radius 2 is 1.95 bits per heavy atom. The molecule has 0 bridgehead atoms. The highest BCUT2D eigenvalue weighted by Gasteiger charge is 2.25. The number of hydrogen-bond donors (Lipinski definition) is 1. The monoisotopic (exact) mass is 324 g/mol. The van der Waals surface area contributed by atoms with E-state index in [1.807, 2.05) is 32.0 Å². The molecule has 5 heteroatoms. The molecule has 1 N–H and O–H groups in total. The van der Waals surface area contributed by atoms with Gasteiger partial charge in [0.15, 0.2) is 0 Å². The van der Waals surface area contributed by atoms with Crippen molar-refractivity contribution in [3.8, 4) is 0 Å². The maximum absolute atomic E-state index is 12.3. The summed E-state index contributed by atoms with van der Waals surface area (Å²) in [6.45, 7) is 7.90. The van der Waals surface area contributed by atoms with Crippen molar-refractivity contribution < 1.29 is 9.59 Å². The molecule has 0 aliphatic rings. The molecule has 2 atom stereocenters. The second-order valence-corrected chi connectivity index (χ2v) is 5.94. The van der Waals surface area contributed by atoms with Gasteiger partial charge in [0.2, 0.25) is 11.8 Å². The summed E-state index contributed by atoms with van der Waals surface area (Å²) >= 11 is 5.99. The van der Waals surface area contributed by atoms with E-state index in [0.717, 1.165) is 12.0 Å². The highest BCUT2D eigenvalue weighted by Crippen LogP contribution is 2.15. The fraction of sp³-hybridized carbons (Fsp3) is 0.529. The Labute approximate surface area is 137 Å². The number of nitrogens with one attached hydrogen (secondary N) is 1. The van der Waals surface area contributed by atoms with E-state index in [0.29, 0.717) is 18.0 Å². The third-order valence-electron chi connectivity index (χ3n) is 3.71. The number of carbonyl (C=O) groups is 2. The molecular weight excluding hydrogens is 300 g/mol. The fourth-order valence-electron chi connectivity index (χ4n) is 2.08. The summed E-state index contributed by atoms with van der Waals surface area (Å²) in [6.07, 6.45) is 1.22. The van der Waals surface area contributed by atoms with E-state index in [4.69, 9.17) is 11.6 Å². The maximum atomic E-state index is 12.3. The molecule has 0 radical (unpaired) electrons. The smallest absolute Gasteiger partial charge is 0.242 e. The van der Waals surface area contributed by atoms with Gasteiger partial charge in [-0.1, -0.05) is 37.6 Å². The van der Waals surface area contributed by atoms with Crippen LogP contribution in [0.15, 0.2) is 24.3 Å². The van der Waals surface area contributed by atoms with Gasteiger partial charge in [-0.15, -0.1) is 0 Å². The van der Waals surface area contributed by atoms with Gasteiger partial charge < -0.3 is 10.2 Å². The van der Waals surface area contributed by atoms with Gasteiger partial charge in [0.1, 0.15) is 6.04 Å². The van der Waals surface area contributed by atoms with Crippen molar-refractivity contribution in [2.45, 2.75) is 59.2 Å². The normalized spacial score (nSPS) is 13.3. The van der Waals surface area contributed by atoms with E-state index in [1.54, 1.807) is 24.8 Å². The van der Waals surface area contributed by atoms with Crippen molar-refractivity contribution >= 4 is 23.4 Å². The van der Waals surface area contributed by atoms with E-state index >= 15 is 0 Å². The summed E-state index contributed by atoms with van der Waals surface area (Å²) in [7, 11) is 0. The zero-order chi connectivity index (χ0) is 16.7. The van der Waals surface area contributed by atoms with E-state index in [-0.39, 0.29) is 17.9 Å². The number of halogens is 1. The van der Waals surface area contributed by atoms with Gasteiger partial charge in [-0.2, -0.15) is 0 Å². The average molecular weight is 325 g/mol. The number of hydrogen-bond acceptors (Lipinski definition) is 2. The Morgan fingerprint density at radius 3 is 2.50 bits per heavy atom. The lowest BCUT2D eigenvalue weighted by Crippen LogP contribution is -2.49. The predicted octanol–water partition coefficient (Wildman–Crippen LogP) is 3.38. The van der Waals surface area contributed by atoms with Crippen LogP contribution in [-0.2, 0) is 16.1 Å². The minimum atomic E-state index is -0.513. The van der Waals surface area contributed by atoms with Crippen molar-refractivity contribution in [3.63, 3.8) is 0 Å². The van der Waals surface area contributed by atoms with Crippen LogP contribution in [-0.4, -0.2) is 28.8 Å². The molecule has 1 aromatic rings. The van der Waals surface area contributed by atoms with E-state index in [9.17, 15) is 9.59 Å². The van der Waals surface area contributed by atoms with Gasteiger partial charge in [0.25, 0.3) is 0 Å². The molecule has 0 heterocycles. The van der Waals surface area contributed by atoms with Crippen LogP contribution in [0, 0.1) is 0 Å². The van der Waals surface area contributed by atoms with Crippen molar-refractivity contribution in [1.82, 2.24) is 10.2 Å². The van der Waals surface area contributed by atoms with Crippen LogP contribution in [0.4, 0.5) is 0 Å². The number of nitrogens with zero attached hydrogens (tertiary/aromatic N) is 1. The summed E-state index contributed by atoms with van der Waals surface area (Å²) in [4.78, 5) is 26.1. The molecule has 1 rings (SSSR count). The molecule has 22 heavy (non-hydrogen) atoms. The molecule has 0 aromatic heterocycles. The molecule has 0 aliphatic heterocycles. The second kappa shape index (κ2) is 8.79. The SMILES string of the molecule is CCC(=O)N(Cc1cccc(Cl)c1)C(C)C(=O)NC(C)CC. The Balaban J connectivity index is 2.88. The molecule has 1 aromatic carbocycles. The van der Waals surface area contributed by atoms with Crippen molar-refractivity contribution in [1.29, 1.82) is 0 Å². The second-order valence-electron chi connectivity index (χ2n) is 5.50. The lowest BCUT2D eigenvalue weighted by atomic mass is 10.1. The molecule has 0 saturated heterocycles. The Hall–Kier alpha value is -1.55. The summed E-state index contributed by atoms with van der Waals surface area (Å²) in [5, 5.41) is 3.55. The minimum absolute atomic E-state index is 0.0493. The molecule has 0 saturated carbocycles. The number of amides is 2. The van der Waals surface area contributed by atoms with E-state index < -0.39 is 6.04 Å². The third kappa shape index (κ3) is 5.34. The van der Waals surface area contributed by atoms with Crippen LogP contribution >= 0.6 is 11.6 Å². The first-order valence-electron chi connectivity index (χ1n) is 7.73. The van der Waals surface area contributed by atoms with Gasteiger partial charge in [0, 0.05) is 24.0 Å². The maximum Gasteiger partial charge on any atom is 0.242 e. The van der Waals surface area contributed by atoms with Gasteiger partial charge in [-0.3, -0.25) is 9.59 Å². The fourth-order valence-corrected chi connectivity index (χ4v) is 2.30. The van der Waals surface area contributed by atoms with Crippen molar-refractivity contribution in [2.75, 3.05) is 0 Å². The first-order valence-corrected chi connectivity index (χ1v) is 8.11. The van der Waals surface area contributed by atoms with Crippen LogP contribution < -0.4 is 5.32 Å². The van der Waals surface area contributed by atoms with Crippen LogP contribution in [0.25, 0.3) is 0 Å². The molecule has 0 aliphatic carbocycles. The topological polar surface area (TPSA) is 49.4 Å². The van der Waals surface area contributed by atoms with Gasteiger partial charge in [0.05, 0.1) is 0 Å². The van der Waals surface area contributed by atoms with Crippen LogP contribution in [0.5, 0.6) is 0 Å². The zero-order valence-corrected chi connectivity index (χ0v) is 14.5. The molecule has 0 spiro atoms. The Morgan fingerprint density at radius 1 is 1.27 bits per heavy atom. The van der Waals surface area contributed by atoms with Gasteiger partial charge in [-0.05, 0) is 38.0 Å². The molecule has 0 fully saturated rings. The van der Waals surface area contributed by atoms with Crippen LogP contribution in [0.2, 0.25) is 5.02 Å². The van der Waals surface area contributed by atoms with Crippen molar-refractivity contribution in [3.05, 3.63) is 34.9 Å². The Bertz CT molecular complexity index is 519. The lowest BCUT2D eigenvalue weighted by Gasteiger charge is -2.29. The number of rotatable bonds is 7. The number of carbonyl (C=O) groups excluding carboxylic acids is 2. The van der Waals surface area contributed by atoms with Crippen LogP contribution in [0.3, 0.4) is 0 Å².